The molecule has 0 spiro atoms. The lowest BCUT2D eigenvalue weighted by Crippen LogP contribution is -2.24. The Bertz CT molecular complexity index is 804. The van der Waals surface area contributed by atoms with E-state index < -0.39 is 23.5 Å². The summed E-state index contributed by atoms with van der Waals surface area (Å²) in [5.74, 6) is -2.10. The van der Waals surface area contributed by atoms with Gasteiger partial charge < -0.3 is 10.1 Å². The Balaban J connectivity index is 1.78. The van der Waals surface area contributed by atoms with Crippen LogP contribution >= 0.6 is 0 Å². The zero-order valence-corrected chi connectivity index (χ0v) is 14.3. The SMILES string of the molecule is CC(=O)c1cc(C=CCCNC(=O)OCc2ccccc2)c(F)cc1F. The lowest BCUT2D eigenvalue weighted by atomic mass is 10.1. The Labute approximate surface area is 150 Å². The van der Waals surface area contributed by atoms with E-state index in [-0.39, 0.29) is 17.7 Å². The first-order chi connectivity index (χ1) is 12.5. The van der Waals surface area contributed by atoms with E-state index >= 15 is 0 Å². The monoisotopic (exact) mass is 359 g/mol. The second-order valence-electron chi connectivity index (χ2n) is 5.59. The molecule has 0 saturated carbocycles. The first-order valence-corrected chi connectivity index (χ1v) is 8.08. The molecule has 0 saturated heterocycles. The molecule has 0 heterocycles. The van der Waals surface area contributed by atoms with Crippen molar-refractivity contribution < 1.29 is 23.1 Å². The first kappa shape index (κ1) is 19.3. The predicted octanol–water partition coefficient (Wildman–Crippen LogP) is 4.50. The highest BCUT2D eigenvalue weighted by Crippen LogP contribution is 2.17. The number of rotatable bonds is 7. The molecule has 0 aromatic heterocycles. The van der Waals surface area contributed by atoms with Crippen LogP contribution in [0.15, 0.2) is 48.5 Å². The van der Waals surface area contributed by atoms with Gasteiger partial charge in [-0.05, 0) is 25.0 Å². The maximum Gasteiger partial charge on any atom is 0.407 e. The summed E-state index contributed by atoms with van der Waals surface area (Å²) in [5, 5.41) is 2.57. The van der Waals surface area contributed by atoms with E-state index in [0.29, 0.717) is 19.0 Å². The number of ketones is 1. The van der Waals surface area contributed by atoms with E-state index in [2.05, 4.69) is 5.32 Å². The summed E-state index contributed by atoms with van der Waals surface area (Å²) in [6.07, 6.45) is 2.94. The van der Waals surface area contributed by atoms with Crippen LogP contribution < -0.4 is 5.32 Å². The number of alkyl carbamates (subject to hydrolysis) is 1. The van der Waals surface area contributed by atoms with Crippen molar-refractivity contribution in [2.75, 3.05) is 6.54 Å². The summed E-state index contributed by atoms with van der Waals surface area (Å²) in [6.45, 7) is 1.69. The Kier molecular flexibility index (Phi) is 7.02. The molecule has 2 rings (SSSR count). The van der Waals surface area contributed by atoms with Gasteiger partial charge in [-0.25, -0.2) is 13.6 Å². The van der Waals surface area contributed by atoms with E-state index in [1.54, 1.807) is 6.08 Å². The van der Waals surface area contributed by atoms with Crippen LogP contribution in [-0.2, 0) is 11.3 Å². The smallest absolute Gasteiger partial charge is 0.407 e. The summed E-state index contributed by atoms with van der Waals surface area (Å²) < 4.78 is 32.2. The molecule has 1 N–H and O–H groups in total. The fourth-order valence-electron chi connectivity index (χ4n) is 2.21. The number of amides is 1. The molecule has 0 aliphatic rings. The number of nitrogens with one attached hydrogen (secondary N) is 1. The normalized spacial score (nSPS) is 10.7. The van der Waals surface area contributed by atoms with Crippen molar-refractivity contribution in [1.29, 1.82) is 0 Å². The third-order valence-electron chi connectivity index (χ3n) is 3.56. The third-order valence-corrected chi connectivity index (χ3v) is 3.56. The highest BCUT2D eigenvalue weighted by molar-refractivity contribution is 5.94. The number of hydrogen-bond acceptors (Lipinski definition) is 3. The number of Topliss-reactive ketones (excluding diaryl/α,β-unsaturated/α-hetero) is 1. The highest BCUT2D eigenvalue weighted by atomic mass is 19.1. The Hall–Kier alpha value is -3.02. The minimum atomic E-state index is -0.880. The fourth-order valence-corrected chi connectivity index (χ4v) is 2.21. The largest absolute Gasteiger partial charge is 0.445 e. The Morgan fingerprint density at radius 3 is 2.54 bits per heavy atom. The van der Waals surface area contributed by atoms with Crippen LogP contribution in [-0.4, -0.2) is 18.4 Å². The van der Waals surface area contributed by atoms with Crippen LogP contribution in [0.5, 0.6) is 0 Å². The zero-order valence-electron chi connectivity index (χ0n) is 14.3. The lowest BCUT2D eigenvalue weighted by molar-refractivity contribution is 0.101. The van der Waals surface area contributed by atoms with Crippen molar-refractivity contribution in [3.63, 3.8) is 0 Å². The van der Waals surface area contributed by atoms with E-state index in [9.17, 15) is 18.4 Å². The average molecular weight is 359 g/mol. The van der Waals surface area contributed by atoms with Crippen LogP contribution in [0.4, 0.5) is 13.6 Å². The Morgan fingerprint density at radius 2 is 1.85 bits per heavy atom. The van der Waals surface area contributed by atoms with E-state index in [4.69, 9.17) is 4.74 Å². The number of ether oxygens (including phenoxy) is 1. The van der Waals surface area contributed by atoms with Crippen LogP contribution in [0.2, 0.25) is 0 Å². The average Bonchev–Trinajstić information content (AvgIpc) is 2.61. The van der Waals surface area contributed by atoms with E-state index in [0.717, 1.165) is 5.56 Å². The van der Waals surface area contributed by atoms with Crippen molar-refractivity contribution in [3.05, 3.63) is 76.9 Å². The number of benzene rings is 2. The molecule has 4 nitrogen and oxygen atoms in total. The van der Waals surface area contributed by atoms with Crippen molar-refractivity contribution in [3.8, 4) is 0 Å². The molecule has 0 aliphatic carbocycles. The molecule has 0 aliphatic heterocycles. The molecule has 2 aromatic carbocycles. The molecule has 1 amide bonds. The van der Waals surface area contributed by atoms with Gasteiger partial charge >= 0.3 is 6.09 Å². The molecule has 26 heavy (non-hydrogen) atoms. The summed E-state index contributed by atoms with van der Waals surface area (Å²) >= 11 is 0. The maximum atomic E-state index is 13.7. The molecule has 0 radical (unpaired) electrons. The molecular weight excluding hydrogens is 340 g/mol. The van der Waals surface area contributed by atoms with Gasteiger partial charge in [0.2, 0.25) is 0 Å². The summed E-state index contributed by atoms with van der Waals surface area (Å²) in [6, 6.07) is 11.1. The zero-order chi connectivity index (χ0) is 18.9. The van der Waals surface area contributed by atoms with Gasteiger partial charge in [0.25, 0.3) is 0 Å². The van der Waals surface area contributed by atoms with Gasteiger partial charge in [0.15, 0.2) is 5.78 Å². The molecule has 0 fully saturated rings. The third kappa shape index (κ3) is 5.81. The van der Waals surface area contributed by atoms with Gasteiger partial charge in [-0.3, -0.25) is 4.79 Å². The van der Waals surface area contributed by atoms with Crippen molar-refractivity contribution >= 4 is 18.0 Å². The quantitative estimate of drug-likeness (QED) is 0.585. The van der Waals surface area contributed by atoms with Gasteiger partial charge in [0, 0.05) is 18.2 Å². The number of halogens is 2. The van der Waals surface area contributed by atoms with Crippen LogP contribution in [0.25, 0.3) is 6.08 Å². The maximum absolute atomic E-state index is 13.7. The van der Waals surface area contributed by atoms with Crippen LogP contribution in [0.1, 0.15) is 34.8 Å². The van der Waals surface area contributed by atoms with Crippen LogP contribution in [0.3, 0.4) is 0 Å². The molecule has 2 aromatic rings. The van der Waals surface area contributed by atoms with Crippen molar-refractivity contribution in [1.82, 2.24) is 5.32 Å². The minimum absolute atomic E-state index is 0.114. The number of carbonyl (C=O) groups excluding carboxylic acids is 2. The first-order valence-electron chi connectivity index (χ1n) is 8.08. The Morgan fingerprint density at radius 1 is 1.12 bits per heavy atom. The second kappa shape index (κ2) is 9.46. The van der Waals surface area contributed by atoms with Gasteiger partial charge in [0.1, 0.15) is 18.2 Å². The molecule has 136 valence electrons. The van der Waals surface area contributed by atoms with Gasteiger partial charge in [-0.15, -0.1) is 0 Å². The minimum Gasteiger partial charge on any atom is -0.445 e. The second-order valence-corrected chi connectivity index (χ2v) is 5.59. The number of hydrogen-bond donors (Lipinski definition) is 1. The van der Waals surface area contributed by atoms with Gasteiger partial charge in [-0.2, -0.15) is 0 Å². The fraction of sp³-hybridized carbons (Fsp3) is 0.200. The standard InChI is InChI=1S/C20H19F2NO3/c1-14(24)17-11-16(18(21)12-19(17)22)9-5-6-10-23-20(25)26-13-15-7-3-2-4-8-15/h2-5,7-9,11-12H,6,10,13H2,1H3,(H,23,25). The summed E-state index contributed by atoms with van der Waals surface area (Å²) in [5.41, 5.74) is 0.840. The molecule has 0 atom stereocenters. The number of carbonyl (C=O) groups is 2. The molecule has 0 unspecified atom stereocenters. The summed E-state index contributed by atoms with van der Waals surface area (Å²) in [7, 11) is 0. The predicted molar refractivity (Wildman–Crippen MR) is 94.6 cm³/mol. The highest BCUT2D eigenvalue weighted by Gasteiger charge is 2.11. The molecular formula is C20H19F2NO3. The topological polar surface area (TPSA) is 55.4 Å². The lowest BCUT2D eigenvalue weighted by Gasteiger charge is -2.06. The van der Waals surface area contributed by atoms with E-state index in [1.165, 1.54) is 19.1 Å². The molecule has 0 bridgehead atoms. The van der Waals surface area contributed by atoms with Crippen molar-refractivity contribution in [2.45, 2.75) is 20.0 Å². The van der Waals surface area contributed by atoms with E-state index in [1.807, 2.05) is 30.3 Å². The molecule has 6 heteroatoms. The van der Waals surface area contributed by atoms with Crippen LogP contribution in [0, 0.1) is 11.6 Å². The summed E-state index contributed by atoms with van der Waals surface area (Å²) in [4.78, 5) is 22.9. The van der Waals surface area contributed by atoms with Gasteiger partial charge in [-0.1, -0.05) is 42.5 Å². The van der Waals surface area contributed by atoms with Crippen molar-refractivity contribution in [2.24, 2.45) is 0 Å². The van der Waals surface area contributed by atoms with Gasteiger partial charge in [0.05, 0.1) is 5.56 Å².